The largest absolute Gasteiger partial charge is 0.330 e. The van der Waals surface area contributed by atoms with Gasteiger partial charge in [0.05, 0.1) is 6.04 Å². The van der Waals surface area contributed by atoms with Crippen molar-refractivity contribution in [2.24, 2.45) is 23.0 Å². The second kappa shape index (κ2) is 5.56. The Balaban J connectivity index is 2.37. The summed E-state index contributed by atoms with van der Waals surface area (Å²) in [6.45, 7) is 7.24. The zero-order chi connectivity index (χ0) is 14.9. The van der Waals surface area contributed by atoms with Gasteiger partial charge in [0, 0.05) is 12.1 Å². The van der Waals surface area contributed by atoms with Crippen molar-refractivity contribution >= 4 is 0 Å². The van der Waals surface area contributed by atoms with Gasteiger partial charge >= 0.3 is 0 Å². The molecule has 5 heteroatoms. The molecule has 3 atom stereocenters. The third-order valence-corrected chi connectivity index (χ3v) is 4.66. The van der Waals surface area contributed by atoms with Crippen LogP contribution in [0.25, 0.3) is 0 Å². The van der Waals surface area contributed by atoms with Crippen LogP contribution in [0.2, 0.25) is 0 Å². The van der Waals surface area contributed by atoms with E-state index in [-0.39, 0.29) is 28.5 Å². The van der Waals surface area contributed by atoms with Crippen molar-refractivity contribution in [3.63, 3.8) is 0 Å². The van der Waals surface area contributed by atoms with Gasteiger partial charge in [0.15, 0.2) is 0 Å². The van der Waals surface area contributed by atoms with Gasteiger partial charge in [-0.3, -0.25) is 14.7 Å². The molecule has 1 saturated carbocycles. The van der Waals surface area contributed by atoms with Crippen molar-refractivity contribution in [1.82, 2.24) is 9.78 Å². The average Bonchev–Trinajstić information content (AvgIpc) is 2.40. The van der Waals surface area contributed by atoms with Gasteiger partial charge in [0.1, 0.15) is 0 Å². The average molecular weight is 279 g/mol. The molecule has 3 unspecified atom stereocenters. The third-order valence-electron chi connectivity index (χ3n) is 4.66. The molecule has 0 aromatic carbocycles. The molecular formula is C15H25N3O2. The fraction of sp³-hybridized carbons (Fsp3) is 0.733. The van der Waals surface area contributed by atoms with Gasteiger partial charge in [-0.2, -0.15) is 0 Å². The first-order valence-electron chi connectivity index (χ1n) is 7.35. The monoisotopic (exact) mass is 279 g/mol. The van der Waals surface area contributed by atoms with E-state index in [0.29, 0.717) is 12.5 Å². The quantitative estimate of drug-likeness (QED) is 0.860. The van der Waals surface area contributed by atoms with E-state index in [2.05, 4.69) is 25.9 Å². The normalized spacial score (nSPS) is 27.5. The molecule has 3 N–H and O–H groups in total. The van der Waals surface area contributed by atoms with Crippen LogP contribution in [0, 0.1) is 17.3 Å². The highest BCUT2D eigenvalue weighted by Gasteiger charge is 2.36. The van der Waals surface area contributed by atoms with Crippen molar-refractivity contribution in [2.75, 3.05) is 6.54 Å². The first kappa shape index (κ1) is 15.0. The number of hydrogen-bond acceptors (Lipinski definition) is 3. The van der Waals surface area contributed by atoms with Crippen molar-refractivity contribution in [3.05, 3.63) is 32.8 Å². The smallest absolute Gasteiger partial charge is 0.265 e. The molecule has 1 aromatic heterocycles. The maximum Gasteiger partial charge on any atom is 0.265 e. The summed E-state index contributed by atoms with van der Waals surface area (Å²) in [7, 11) is 0. The minimum Gasteiger partial charge on any atom is -0.330 e. The van der Waals surface area contributed by atoms with Crippen LogP contribution in [-0.2, 0) is 0 Å². The van der Waals surface area contributed by atoms with Gasteiger partial charge in [0.2, 0.25) is 0 Å². The lowest BCUT2D eigenvalue weighted by molar-refractivity contribution is 0.0965. The molecule has 0 aliphatic heterocycles. The summed E-state index contributed by atoms with van der Waals surface area (Å²) in [6.07, 6.45) is 3.03. The minimum absolute atomic E-state index is 0.000579. The van der Waals surface area contributed by atoms with Crippen LogP contribution < -0.4 is 16.9 Å². The molecule has 0 saturated heterocycles. The van der Waals surface area contributed by atoms with Gasteiger partial charge in [0.25, 0.3) is 11.1 Å². The maximum atomic E-state index is 12.0. The molecule has 5 nitrogen and oxygen atoms in total. The SMILES string of the molecule is CC(C)(C)C1CCC(CN)C(n2[nH]c(=O)ccc2=O)C1. The molecular weight excluding hydrogens is 254 g/mol. The zero-order valence-electron chi connectivity index (χ0n) is 12.6. The first-order chi connectivity index (χ1) is 9.32. The Morgan fingerprint density at radius 1 is 1.30 bits per heavy atom. The predicted octanol–water partition coefficient (Wildman–Crippen LogP) is 1.50. The number of nitrogens with one attached hydrogen (secondary N) is 1. The van der Waals surface area contributed by atoms with Gasteiger partial charge < -0.3 is 5.73 Å². The lowest BCUT2D eigenvalue weighted by atomic mass is 9.68. The molecule has 1 fully saturated rings. The number of hydrogen-bond donors (Lipinski definition) is 2. The Kier molecular flexibility index (Phi) is 4.18. The van der Waals surface area contributed by atoms with E-state index in [1.807, 2.05) is 0 Å². The Hall–Kier alpha value is -1.36. The number of aromatic amines is 1. The summed E-state index contributed by atoms with van der Waals surface area (Å²) in [5.41, 5.74) is 5.68. The van der Waals surface area contributed by atoms with Gasteiger partial charge in [-0.15, -0.1) is 0 Å². The number of nitrogens with zero attached hydrogens (tertiary/aromatic N) is 1. The van der Waals surface area contributed by atoms with E-state index >= 15 is 0 Å². The molecule has 1 aromatic rings. The van der Waals surface area contributed by atoms with E-state index in [9.17, 15) is 9.59 Å². The second-order valence-electron chi connectivity index (χ2n) is 6.96. The fourth-order valence-electron chi connectivity index (χ4n) is 3.27. The summed E-state index contributed by atoms with van der Waals surface area (Å²) < 4.78 is 1.50. The van der Waals surface area contributed by atoms with Gasteiger partial charge in [-0.05, 0) is 43.1 Å². The summed E-state index contributed by atoms with van der Waals surface area (Å²) in [5.74, 6) is 0.787. The lowest BCUT2D eigenvalue weighted by Gasteiger charge is -2.41. The summed E-state index contributed by atoms with van der Waals surface area (Å²) in [4.78, 5) is 23.6. The number of nitrogens with two attached hydrogens (primary N) is 1. The highest BCUT2D eigenvalue weighted by Crippen LogP contribution is 2.43. The topological polar surface area (TPSA) is 80.9 Å². The van der Waals surface area contributed by atoms with Crippen LogP contribution in [-0.4, -0.2) is 16.3 Å². The predicted molar refractivity (Wildman–Crippen MR) is 79.7 cm³/mol. The number of rotatable bonds is 2. The Labute approximate surface area is 119 Å². The molecule has 2 rings (SSSR count). The van der Waals surface area contributed by atoms with E-state index in [0.717, 1.165) is 19.3 Å². The summed E-state index contributed by atoms with van der Waals surface area (Å²) in [5, 5.41) is 2.67. The third kappa shape index (κ3) is 3.03. The number of H-pyrrole nitrogens is 1. The Bertz CT molecular complexity index is 567. The van der Waals surface area contributed by atoms with Crippen LogP contribution in [0.3, 0.4) is 0 Å². The first-order valence-corrected chi connectivity index (χ1v) is 7.35. The standard InChI is InChI=1S/C15H25N3O2/c1-15(2,3)11-5-4-10(9-16)12(8-11)18-14(20)7-6-13(19)17-18/h6-7,10-12H,4-5,8-9,16H2,1-3H3,(H,17,19). The molecule has 0 radical (unpaired) electrons. The zero-order valence-corrected chi connectivity index (χ0v) is 12.6. The highest BCUT2D eigenvalue weighted by molar-refractivity contribution is 4.93. The molecule has 1 aliphatic carbocycles. The van der Waals surface area contributed by atoms with E-state index < -0.39 is 0 Å². The van der Waals surface area contributed by atoms with Crippen LogP contribution in [0.15, 0.2) is 21.7 Å². The van der Waals surface area contributed by atoms with Crippen LogP contribution in [0.1, 0.15) is 46.1 Å². The van der Waals surface area contributed by atoms with E-state index in [4.69, 9.17) is 5.73 Å². The van der Waals surface area contributed by atoms with E-state index in [1.54, 1.807) is 0 Å². The second-order valence-corrected chi connectivity index (χ2v) is 6.96. The van der Waals surface area contributed by atoms with Crippen molar-refractivity contribution < 1.29 is 0 Å². The van der Waals surface area contributed by atoms with Crippen LogP contribution >= 0.6 is 0 Å². The lowest BCUT2D eigenvalue weighted by Crippen LogP contribution is -2.42. The van der Waals surface area contributed by atoms with Crippen LogP contribution in [0.4, 0.5) is 0 Å². The fourth-order valence-corrected chi connectivity index (χ4v) is 3.27. The van der Waals surface area contributed by atoms with E-state index in [1.165, 1.54) is 16.8 Å². The molecule has 0 bridgehead atoms. The Morgan fingerprint density at radius 2 is 2.00 bits per heavy atom. The van der Waals surface area contributed by atoms with Gasteiger partial charge in [-0.1, -0.05) is 20.8 Å². The van der Waals surface area contributed by atoms with Crippen molar-refractivity contribution in [1.29, 1.82) is 0 Å². The van der Waals surface area contributed by atoms with Gasteiger partial charge in [-0.25, -0.2) is 4.68 Å². The highest BCUT2D eigenvalue weighted by atomic mass is 16.1. The summed E-state index contributed by atoms with van der Waals surface area (Å²) in [6, 6.07) is 2.62. The molecule has 112 valence electrons. The van der Waals surface area contributed by atoms with Crippen molar-refractivity contribution in [2.45, 2.75) is 46.1 Å². The molecule has 1 aliphatic rings. The minimum atomic E-state index is -0.238. The molecule has 20 heavy (non-hydrogen) atoms. The van der Waals surface area contributed by atoms with Crippen molar-refractivity contribution in [3.8, 4) is 0 Å². The molecule has 0 amide bonds. The van der Waals surface area contributed by atoms with Crippen LogP contribution in [0.5, 0.6) is 0 Å². The molecule has 0 spiro atoms. The summed E-state index contributed by atoms with van der Waals surface area (Å²) >= 11 is 0. The molecule has 1 heterocycles. The number of aromatic nitrogens is 2. The maximum absolute atomic E-state index is 12.0. The Morgan fingerprint density at radius 3 is 2.60 bits per heavy atom.